The molecule has 2 aromatic rings. The number of carbonyl (C=O) groups excluding carboxylic acids is 1. The number of amides is 1. The summed E-state index contributed by atoms with van der Waals surface area (Å²) in [6.07, 6.45) is 0.229. The van der Waals surface area contributed by atoms with Gasteiger partial charge in [0, 0.05) is 23.0 Å². The Bertz CT molecular complexity index is 1130. The number of benzene rings is 2. The minimum Gasteiger partial charge on any atom is -0.493 e. The van der Waals surface area contributed by atoms with E-state index in [9.17, 15) is 10.1 Å². The summed E-state index contributed by atoms with van der Waals surface area (Å²) in [6.45, 7) is 4.81. The fraction of sp³-hybridized carbons (Fsp3) is 0.333. The van der Waals surface area contributed by atoms with Crippen LogP contribution in [0.1, 0.15) is 30.4 Å². The van der Waals surface area contributed by atoms with Crippen LogP contribution in [0.15, 0.2) is 47.0 Å². The number of nitrogens with zero attached hydrogens (tertiary/aromatic N) is 3. The normalized spacial score (nSPS) is 18.3. The summed E-state index contributed by atoms with van der Waals surface area (Å²) in [5.74, 6) is 1.56. The third-order valence-electron chi connectivity index (χ3n) is 5.76. The Labute approximate surface area is 197 Å². The van der Waals surface area contributed by atoms with Crippen LogP contribution < -0.4 is 14.4 Å². The highest BCUT2D eigenvalue weighted by Gasteiger charge is 2.38. The molecule has 2 aliphatic heterocycles. The summed E-state index contributed by atoms with van der Waals surface area (Å²) < 4.78 is 11.1. The number of hydrogen-bond donors (Lipinski definition) is 0. The van der Waals surface area contributed by atoms with E-state index in [1.165, 1.54) is 11.8 Å². The molecule has 1 fully saturated rings. The second-order valence-electron chi connectivity index (χ2n) is 7.59. The van der Waals surface area contributed by atoms with E-state index < -0.39 is 0 Å². The van der Waals surface area contributed by atoms with Gasteiger partial charge in [-0.1, -0.05) is 35.5 Å². The molecule has 0 aliphatic carbocycles. The first-order valence-electron chi connectivity index (χ1n) is 10.4. The molecule has 8 heteroatoms. The van der Waals surface area contributed by atoms with Crippen molar-refractivity contribution in [1.82, 2.24) is 4.90 Å². The highest BCUT2D eigenvalue weighted by Crippen LogP contribution is 2.45. The van der Waals surface area contributed by atoms with Gasteiger partial charge in [0.05, 0.1) is 42.9 Å². The van der Waals surface area contributed by atoms with E-state index in [0.29, 0.717) is 41.2 Å². The molecule has 2 aromatic carbocycles. The number of methoxy groups -OCH3 is 1. The number of hydrogen-bond acceptors (Lipinski definition) is 6. The molecule has 0 saturated carbocycles. The fourth-order valence-corrected chi connectivity index (χ4v) is 5.44. The van der Waals surface area contributed by atoms with Gasteiger partial charge < -0.3 is 14.4 Å². The zero-order valence-corrected chi connectivity index (χ0v) is 19.8. The van der Waals surface area contributed by atoms with Gasteiger partial charge in [0.25, 0.3) is 0 Å². The van der Waals surface area contributed by atoms with Gasteiger partial charge in [-0.2, -0.15) is 5.26 Å². The Morgan fingerprint density at radius 2 is 2.09 bits per heavy atom. The van der Waals surface area contributed by atoms with Crippen LogP contribution in [-0.2, 0) is 4.79 Å². The van der Waals surface area contributed by atoms with E-state index in [1.807, 2.05) is 50.2 Å². The molecule has 32 heavy (non-hydrogen) atoms. The van der Waals surface area contributed by atoms with Gasteiger partial charge in [0.1, 0.15) is 0 Å². The molecule has 166 valence electrons. The number of allylic oxidation sites excluding steroid dienone is 1. The van der Waals surface area contributed by atoms with Crippen molar-refractivity contribution in [3.8, 4) is 17.6 Å². The molecule has 2 aliphatic rings. The van der Waals surface area contributed by atoms with Crippen molar-refractivity contribution in [3.05, 3.63) is 63.1 Å². The molecule has 0 aromatic heterocycles. The summed E-state index contributed by atoms with van der Waals surface area (Å²) >= 11 is 7.81. The van der Waals surface area contributed by atoms with E-state index in [-0.39, 0.29) is 18.2 Å². The van der Waals surface area contributed by atoms with Crippen LogP contribution in [0, 0.1) is 18.3 Å². The van der Waals surface area contributed by atoms with Crippen molar-refractivity contribution in [2.45, 2.75) is 26.2 Å². The molecule has 0 unspecified atom stereocenters. The van der Waals surface area contributed by atoms with Crippen LogP contribution in [0.5, 0.6) is 11.5 Å². The maximum absolute atomic E-state index is 13.2. The lowest BCUT2D eigenvalue weighted by Gasteiger charge is -2.42. The Kier molecular flexibility index (Phi) is 6.54. The molecule has 2 heterocycles. The number of rotatable bonds is 5. The van der Waals surface area contributed by atoms with Gasteiger partial charge in [0.15, 0.2) is 11.5 Å². The van der Waals surface area contributed by atoms with E-state index in [4.69, 9.17) is 21.1 Å². The van der Waals surface area contributed by atoms with E-state index in [0.717, 1.165) is 21.8 Å². The summed E-state index contributed by atoms with van der Waals surface area (Å²) in [5.41, 5.74) is 3.46. The summed E-state index contributed by atoms with van der Waals surface area (Å²) in [6, 6.07) is 13.8. The van der Waals surface area contributed by atoms with Crippen molar-refractivity contribution in [2.24, 2.45) is 0 Å². The SMILES string of the molecule is CCOc1ccc([C@@H]2CC(=O)N3CN(c4cccc(Cl)c4C)CSC3=C2C#N)cc1OC. The van der Waals surface area contributed by atoms with Gasteiger partial charge >= 0.3 is 0 Å². The molecule has 1 amide bonds. The van der Waals surface area contributed by atoms with Crippen LogP contribution >= 0.6 is 23.4 Å². The predicted octanol–water partition coefficient (Wildman–Crippen LogP) is 5.28. The molecule has 1 saturated heterocycles. The molecule has 0 N–H and O–H groups in total. The van der Waals surface area contributed by atoms with E-state index in [1.54, 1.807) is 12.0 Å². The summed E-state index contributed by atoms with van der Waals surface area (Å²) in [5, 5.41) is 11.5. The molecule has 0 radical (unpaired) electrons. The largest absolute Gasteiger partial charge is 0.493 e. The lowest BCUT2D eigenvalue weighted by Crippen LogP contribution is -2.47. The van der Waals surface area contributed by atoms with Crippen molar-refractivity contribution in [2.75, 3.05) is 31.2 Å². The standard InChI is InChI=1S/C24H24ClN3O3S/c1-4-31-21-9-8-16(10-22(21)30-3)17-11-23(29)28-13-27(14-32-24(28)18(17)12-26)20-7-5-6-19(25)15(20)2/h5-10,17H,4,11,13-14H2,1-3H3/t17-/m0/s1. The predicted molar refractivity (Wildman–Crippen MR) is 127 cm³/mol. The first-order valence-corrected chi connectivity index (χ1v) is 11.7. The van der Waals surface area contributed by atoms with Crippen molar-refractivity contribution in [1.29, 1.82) is 5.26 Å². The Morgan fingerprint density at radius 3 is 2.81 bits per heavy atom. The molecule has 0 spiro atoms. The first kappa shape index (κ1) is 22.4. The summed E-state index contributed by atoms with van der Waals surface area (Å²) in [7, 11) is 1.59. The van der Waals surface area contributed by atoms with Crippen LogP contribution in [0.2, 0.25) is 5.02 Å². The number of anilines is 1. The molecule has 4 rings (SSSR count). The van der Waals surface area contributed by atoms with Crippen LogP contribution in [0.3, 0.4) is 0 Å². The molecular weight excluding hydrogens is 446 g/mol. The number of nitriles is 1. The average molecular weight is 470 g/mol. The third kappa shape index (κ3) is 4.01. The van der Waals surface area contributed by atoms with Crippen LogP contribution in [0.4, 0.5) is 5.69 Å². The number of carbonyl (C=O) groups is 1. The molecule has 1 atom stereocenters. The van der Waals surface area contributed by atoms with Crippen LogP contribution in [-0.4, -0.2) is 37.1 Å². The molecular formula is C24H24ClN3O3S. The monoisotopic (exact) mass is 469 g/mol. The molecule has 0 bridgehead atoms. The minimum atomic E-state index is -0.310. The zero-order valence-electron chi connectivity index (χ0n) is 18.2. The smallest absolute Gasteiger partial charge is 0.229 e. The maximum atomic E-state index is 13.2. The Morgan fingerprint density at radius 1 is 1.28 bits per heavy atom. The third-order valence-corrected chi connectivity index (χ3v) is 7.33. The minimum absolute atomic E-state index is 0.00580. The quantitative estimate of drug-likeness (QED) is 0.594. The van der Waals surface area contributed by atoms with Gasteiger partial charge in [-0.3, -0.25) is 9.69 Å². The van der Waals surface area contributed by atoms with Gasteiger partial charge in [-0.15, -0.1) is 0 Å². The fourth-order valence-electron chi connectivity index (χ4n) is 4.11. The number of thioether (sulfide) groups is 1. The van der Waals surface area contributed by atoms with Crippen molar-refractivity contribution in [3.63, 3.8) is 0 Å². The Hall–Kier alpha value is -2.82. The number of halogens is 1. The highest BCUT2D eigenvalue weighted by atomic mass is 35.5. The zero-order chi connectivity index (χ0) is 22.8. The highest BCUT2D eigenvalue weighted by molar-refractivity contribution is 8.03. The summed E-state index contributed by atoms with van der Waals surface area (Å²) in [4.78, 5) is 17.0. The number of fused-ring (bicyclic) bond motifs is 1. The van der Waals surface area contributed by atoms with E-state index >= 15 is 0 Å². The Balaban J connectivity index is 1.67. The second kappa shape index (κ2) is 9.35. The average Bonchev–Trinajstić information content (AvgIpc) is 2.81. The second-order valence-corrected chi connectivity index (χ2v) is 8.93. The van der Waals surface area contributed by atoms with E-state index in [2.05, 4.69) is 11.0 Å². The van der Waals surface area contributed by atoms with Gasteiger partial charge in [0.2, 0.25) is 5.91 Å². The van der Waals surface area contributed by atoms with Crippen LogP contribution in [0.25, 0.3) is 0 Å². The van der Waals surface area contributed by atoms with Crippen molar-refractivity contribution >= 4 is 35.0 Å². The van der Waals surface area contributed by atoms with Gasteiger partial charge in [-0.25, -0.2) is 0 Å². The lowest BCUT2D eigenvalue weighted by molar-refractivity contribution is -0.129. The lowest BCUT2D eigenvalue weighted by atomic mass is 9.86. The van der Waals surface area contributed by atoms with Crippen molar-refractivity contribution < 1.29 is 14.3 Å². The first-order chi connectivity index (χ1) is 15.5. The number of ether oxygens (including phenoxy) is 2. The van der Waals surface area contributed by atoms with Gasteiger partial charge in [-0.05, 0) is 49.2 Å². The molecule has 6 nitrogen and oxygen atoms in total. The maximum Gasteiger partial charge on any atom is 0.229 e. The topological polar surface area (TPSA) is 65.8 Å².